The zero-order chi connectivity index (χ0) is 14.8. The molecule has 2 N–H and O–H groups in total. The highest BCUT2D eigenvalue weighted by Crippen LogP contribution is 2.32. The van der Waals surface area contributed by atoms with E-state index in [1.807, 2.05) is 0 Å². The minimum Gasteiger partial charge on any atom is -0.371 e. The van der Waals surface area contributed by atoms with Crippen molar-refractivity contribution in [3.8, 4) is 0 Å². The van der Waals surface area contributed by atoms with Crippen LogP contribution in [0.4, 0.5) is 15.8 Å². The first-order valence-corrected chi connectivity index (χ1v) is 7.21. The first kappa shape index (κ1) is 13.9. The Morgan fingerprint density at radius 2 is 1.71 bits per heavy atom. The summed E-state index contributed by atoms with van der Waals surface area (Å²) in [5.41, 5.74) is 9.70. The monoisotopic (exact) mass is 285 g/mol. The third-order valence-corrected chi connectivity index (χ3v) is 4.05. The van der Waals surface area contributed by atoms with Gasteiger partial charge in [0.15, 0.2) is 0 Å². The van der Waals surface area contributed by atoms with Crippen LogP contribution in [0.3, 0.4) is 0 Å². The maximum atomic E-state index is 13.0. The average Bonchev–Trinajstić information content (AvgIpc) is 2.51. The molecule has 0 fully saturated rings. The molecule has 1 aliphatic rings. The number of para-hydroxylation sites is 2. The van der Waals surface area contributed by atoms with E-state index in [9.17, 15) is 4.39 Å². The van der Waals surface area contributed by atoms with Gasteiger partial charge in [-0.1, -0.05) is 24.3 Å². The van der Waals surface area contributed by atoms with Crippen molar-refractivity contribution in [2.75, 3.05) is 36.5 Å². The third kappa shape index (κ3) is 2.85. The Morgan fingerprint density at radius 3 is 2.43 bits per heavy atom. The maximum Gasteiger partial charge on any atom is 0.123 e. The number of hydrogen-bond donors (Lipinski definition) is 1. The molecule has 3 rings (SSSR count). The second-order valence-electron chi connectivity index (χ2n) is 5.51. The van der Waals surface area contributed by atoms with Crippen molar-refractivity contribution >= 4 is 11.4 Å². The van der Waals surface area contributed by atoms with Gasteiger partial charge in [-0.15, -0.1) is 0 Å². The molecule has 3 nitrogen and oxygen atoms in total. The van der Waals surface area contributed by atoms with E-state index < -0.39 is 0 Å². The highest BCUT2D eigenvalue weighted by Gasteiger charge is 2.21. The fourth-order valence-corrected chi connectivity index (χ4v) is 2.81. The average molecular weight is 285 g/mol. The van der Waals surface area contributed by atoms with Crippen LogP contribution in [0.1, 0.15) is 11.6 Å². The van der Waals surface area contributed by atoms with Crippen LogP contribution in [0, 0.1) is 5.82 Å². The molecule has 0 aromatic heterocycles. The van der Waals surface area contributed by atoms with E-state index in [1.165, 1.54) is 23.5 Å². The van der Waals surface area contributed by atoms with Crippen LogP contribution in [-0.2, 0) is 0 Å². The molecule has 1 atom stereocenters. The Balaban J connectivity index is 1.79. The lowest BCUT2D eigenvalue weighted by molar-refractivity contribution is 0.620. The third-order valence-electron chi connectivity index (χ3n) is 4.05. The van der Waals surface area contributed by atoms with Gasteiger partial charge in [0.25, 0.3) is 0 Å². The molecular weight excluding hydrogens is 265 g/mol. The summed E-state index contributed by atoms with van der Waals surface area (Å²) in [5, 5.41) is 0. The minimum absolute atomic E-state index is 0.123. The summed E-state index contributed by atoms with van der Waals surface area (Å²) in [4.78, 5) is 4.57. The summed E-state index contributed by atoms with van der Waals surface area (Å²) < 4.78 is 13.0. The van der Waals surface area contributed by atoms with E-state index in [0.29, 0.717) is 0 Å². The van der Waals surface area contributed by atoms with Crippen LogP contribution in [-0.4, -0.2) is 26.7 Å². The minimum atomic E-state index is -0.226. The number of hydrogen-bond acceptors (Lipinski definition) is 3. The Labute approximate surface area is 124 Å². The summed E-state index contributed by atoms with van der Waals surface area (Å²) in [5.74, 6) is -0.226. The lowest BCUT2D eigenvalue weighted by Gasteiger charge is -2.38. The van der Waals surface area contributed by atoms with Crippen LogP contribution < -0.4 is 15.5 Å². The highest BCUT2D eigenvalue weighted by molar-refractivity contribution is 5.73. The van der Waals surface area contributed by atoms with Gasteiger partial charge in [0.2, 0.25) is 0 Å². The molecule has 21 heavy (non-hydrogen) atoms. The SMILES string of the molecule is CN1CCN(CC(N)c2ccc(F)cc2)c2ccccc21. The van der Waals surface area contributed by atoms with E-state index in [4.69, 9.17) is 5.73 Å². The number of fused-ring (bicyclic) bond motifs is 1. The molecule has 0 aliphatic carbocycles. The largest absolute Gasteiger partial charge is 0.371 e. The summed E-state index contributed by atoms with van der Waals surface area (Å²) in [6, 6.07) is 14.7. The van der Waals surface area contributed by atoms with Crippen molar-refractivity contribution in [3.63, 3.8) is 0 Å². The van der Waals surface area contributed by atoms with E-state index >= 15 is 0 Å². The summed E-state index contributed by atoms with van der Waals surface area (Å²) in [6.45, 7) is 2.66. The highest BCUT2D eigenvalue weighted by atomic mass is 19.1. The molecule has 0 radical (unpaired) electrons. The summed E-state index contributed by atoms with van der Waals surface area (Å²) >= 11 is 0. The molecule has 0 saturated heterocycles. The van der Waals surface area contributed by atoms with Gasteiger partial charge in [0.1, 0.15) is 5.82 Å². The fraction of sp³-hybridized carbons (Fsp3) is 0.294. The molecule has 0 spiro atoms. The zero-order valence-electron chi connectivity index (χ0n) is 12.2. The maximum absolute atomic E-state index is 13.0. The topological polar surface area (TPSA) is 32.5 Å². The van der Waals surface area contributed by atoms with Gasteiger partial charge in [0, 0.05) is 32.7 Å². The van der Waals surface area contributed by atoms with Crippen molar-refractivity contribution in [1.29, 1.82) is 0 Å². The summed E-state index contributed by atoms with van der Waals surface area (Å²) in [7, 11) is 2.11. The fourth-order valence-electron chi connectivity index (χ4n) is 2.81. The number of nitrogens with two attached hydrogens (primary N) is 1. The van der Waals surface area contributed by atoms with Gasteiger partial charge in [0.05, 0.1) is 11.4 Å². The molecule has 1 unspecified atom stereocenters. The van der Waals surface area contributed by atoms with Gasteiger partial charge < -0.3 is 15.5 Å². The Morgan fingerprint density at radius 1 is 1.05 bits per heavy atom. The van der Waals surface area contributed by atoms with Gasteiger partial charge >= 0.3 is 0 Å². The molecule has 0 bridgehead atoms. The number of rotatable bonds is 3. The van der Waals surface area contributed by atoms with Gasteiger partial charge in [-0.2, -0.15) is 0 Å². The first-order valence-electron chi connectivity index (χ1n) is 7.21. The van der Waals surface area contributed by atoms with E-state index in [1.54, 1.807) is 12.1 Å². The van der Waals surface area contributed by atoms with Crippen LogP contribution in [0.15, 0.2) is 48.5 Å². The Hall–Kier alpha value is -2.07. The van der Waals surface area contributed by atoms with E-state index in [-0.39, 0.29) is 11.9 Å². The number of benzene rings is 2. The van der Waals surface area contributed by atoms with Crippen LogP contribution in [0.2, 0.25) is 0 Å². The predicted molar refractivity (Wildman–Crippen MR) is 85.3 cm³/mol. The van der Waals surface area contributed by atoms with Gasteiger partial charge in [-0.3, -0.25) is 0 Å². The van der Waals surface area contributed by atoms with Crippen molar-refractivity contribution in [2.45, 2.75) is 6.04 Å². The first-order chi connectivity index (χ1) is 10.1. The van der Waals surface area contributed by atoms with Crippen molar-refractivity contribution in [3.05, 3.63) is 59.9 Å². The summed E-state index contributed by atoms with van der Waals surface area (Å²) in [6.07, 6.45) is 0. The van der Waals surface area contributed by atoms with Crippen LogP contribution in [0.5, 0.6) is 0 Å². The standard InChI is InChI=1S/C17H20FN3/c1-20-10-11-21(17-5-3-2-4-16(17)20)12-15(19)13-6-8-14(18)9-7-13/h2-9,15H,10-12,19H2,1H3. The molecule has 0 saturated carbocycles. The molecule has 110 valence electrons. The van der Waals surface area contributed by atoms with Crippen LogP contribution >= 0.6 is 0 Å². The molecule has 0 amide bonds. The van der Waals surface area contributed by atoms with Gasteiger partial charge in [-0.25, -0.2) is 4.39 Å². The van der Waals surface area contributed by atoms with Crippen molar-refractivity contribution in [1.82, 2.24) is 0 Å². The van der Waals surface area contributed by atoms with Crippen LogP contribution in [0.25, 0.3) is 0 Å². The van der Waals surface area contributed by atoms with Crippen molar-refractivity contribution < 1.29 is 4.39 Å². The quantitative estimate of drug-likeness (QED) is 0.941. The molecule has 1 aliphatic heterocycles. The lowest BCUT2D eigenvalue weighted by Crippen LogP contribution is -2.42. The molecule has 1 heterocycles. The van der Waals surface area contributed by atoms with E-state index in [0.717, 1.165) is 25.2 Å². The number of anilines is 2. The van der Waals surface area contributed by atoms with Crippen molar-refractivity contribution in [2.24, 2.45) is 5.73 Å². The number of likely N-dealkylation sites (N-methyl/N-ethyl adjacent to an activating group) is 1. The smallest absolute Gasteiger partial charge is 0.123 e. The zero-order valence-corrected chi connectivity index (χ0v) is 12.2. The number of halogens is 1. The Bertz CT molecular complexity index is 612. The molecule has 4 heteroatoms. The van der Waals surface area contributed by atoms with E-state index in [2.05, 4.69) is 41.1 Å². The molecular formula is C17H20FN3. The molecule has 2 aromatic rings. The normalized spacial score (nSPS) is 15.8. The Kier molecular flexibility index (Phi) is 3.80. The second-order valence-corrected chi connectivity index (χ2v) is 5.51. The second kappa shape index (κ2) is 5.74. The molecule has 2 aromatic carbocycles. The van der Waals surface area contributed by atoms with Gasteiger partial charge in [-0.05, 0) is 29.8 Å². The predicted octanol–water partition coefficient (Wildman–Crippen LogP) is 2.78. The number of nitrogens with zero attached hydrogens (tertiary/aromatic N) is 2. The lowest BCUT2D eigenvalue weighted by atomic mass is 10.1.